The van der Waals surface area contributed by atoms with E-state index in [1.54, 1.807) is 0 Å². The van der Waals surface area contributed by atoms with Crippen LogP contribution in [0, 0.1) is 0 Å². The molecule has 3 aliphatic heterocycles. The highest BCUT2D eigenvalue weighted by atomic mass is 32.7. The highest BCUT2D eigenvalue weighted by Crippen LogP contribution is 2.58. The monoisotopic (exact) mass is 674 g/mol. The number of anilines is 2. The number of aromatic nitrogens is 8. The van der Waals surface area contributed by atoms with Gasteiger partial charge in [0.1, 0.15) is 53.7 Å². The third-order valence-electron chi connectivity index (χ3n) is 7.54. The molecule has 0 saturated carbocycles. The van der Waals surface area contributed by atoms with Crippen molar-refractivity contribution in [3.8, 4) is 0 Å². The Balaban J connectivity index is 1.20. The number of nitrogens with zero attached hydrogens (tertiary/aromatic N) is 8. The quantitative estimate of drug-likeness (QED) is 0.171. The van der Waals surface area contributed by atoms with Crippen molar-refractivity contribution in [1.82, 2.24) is 39.0 Å². The van der Waals surface area contributed by atoms with Gasteiger partial charge in [0.05, 0.1) is 25.9 Å². The van der Waals surface area contributed by atoms with E-state index in [9.17, 15) is 14.2 Å². The zero-order chi connectivity index (χ0) is 31.0. The van der Waals surface area contributed by atoms with E-state index in [0.717, 1.165) is 0 Å². The molecule has 0 radical (unpaired) electrons. The van der Waals surface area contributed by atoms with Crippen LogP contribution in [-0.4, -0.2) is 93.5 Å². The number of nitrogens with two attached hydrogens (primary N) is 2. The zero-order valence-corrected chi connectivity index (χ0v) is 25.3. The van der Waals surface area contributed by atoms with Gasteiger partial charge in [-0.25, -0.2) is 38.9 Å². The van der Waals surface area contributed by atoms with E-state index in [-0.39, 0.29) is 34.0 Å². The van der Waals surface area contributed by atoms with Gasteiger partial charge in [-0.1, -0.05) is 12.2 Å². The average molecular weight is 675 g/mol. The van der Waals surface area contributed by atoms with Crippen molar-refractivity contribution >= 4 is 61.3 Å². The van der Waals surface area contributed by atoms with Crippen LogP contribution in [0.15, 0.2) is 25.3 Å². The summed E-state index contributed by atoms with van der Waals surface area (Å²) in [4.78, 5) is 24.4. The molecule has 3 saturated heterocycles. The summed E-state index contributed by atoms with van der Waals surface area (Å²) in [5.74, 6) is 0.173. The molecule has 0 aliphatic carbocycles. The van der Waals surface area contributed by atoms with Crippen LogP contribution in [0.4, 0.5) is 16.0 Å². The Kier molecular flexibility index (Phi) is 7.40. The van der Waals surface area contributed by atoms with E-state index < -0.39 is 76.9 Å². The van der Waals surface area contributed by atoms with Crippen molar-refractivity contribution in [2.45, 2.75) is 55.6 Å². The van der Waals surface area contributed by atoms with Crippen LogP contribution < -0.4 is 11.5 Å². The Morgan fingerprint density at radius 3 is 2.32 bits per heavy atom. The first kappa shape index (κ1) is 29.8. The van der Waals surface area contributed by atoms with Gasteiger partial charge < -0.3 is 30.6 Å². The smallest absolute Gasteiger partial charge is 0.386 e. The number of nitrogen functional groups attached to an aromatic ring is 2. The molecule has 0 aromatic carbocycles. The molecule has 4 aromatic rings. The molecule has 7 rings (SSSR count). The maximum Gasteiger partial charge on any atom is 0.386 e. The fourth-order valence-electron chi connectivity index (χ4n) is 5.41. The molecule has 0 spiro atoms. The highest BCUT2D eigenvalue weighted by molar-refractivity contribution is 8.44. The van der Waals surface area contributed by atoms with Gasteiger partial charge in [0, 0.05) is 0 Å². The normalized spacial score (nSPS) is 38.3. The summed E-state index contributed by atoms with van der Waals surface area (Å²) in [7, 11) is -3.48. The molecule has 19 nitrogen and oxygen atoms in total. The first-order valence-corrected chi connectivity index (χ1v) is 16.9. The lowest BCUT2D eigenvalue weighted by Gasteiger charge is -2.31. The van der Waals surface area contributed by atoms with Crippen LogP contribution in [0.5, 0.6) is 0 Å². The maximum absolute atomic E-state index is 15.8. The number of rotatable bonds is 2. The van der Waals surface area contributed by atoms with Crippen molar-refractivity contribution in [2.75, 3.05) is 24.7 Å². The Morgan fingerprint density at radius 1 is 1.07 bits per heavy atom. The number of halogens is 1. The Bertz CT molecular complexity index is 1820. The van der Waals surface area contributed by atoms with Crippen LogP contribution in [0.3, 0.4) is 0 Å². The predicted molar refractivity (Wildman–Crippen MR) is 150 cm³/mol. The first-order chi connectivity index (χ1) is 21.0. The minimum atomic E-state index is -4.35. The molecule has 44 heavy (non-hydrogen) atoms. The molecule has 7 heterocycles. The predicted octanol–water partition coefficient (Wildman–Crippen LogP) is 0.959. The minimum Gasteiger partial charge on any atom is -0.386 e. The van der Waals surface area contributed by atoms with E-state index >= 15 is 4.39 Å². The second-order valence-electron chi connectivity index (χ2n) is 10.4. The van der Waals surface area contributed by atoms with Gasteiger partial charge in [0.25, 0.3) is 0 Å². The van der Waals surface area contributed by atoms with Gasteiger partial charge in [-0.2, -0.15) is 0 Å². The van der Waals surface area contributed by atoms with Crippen LogP contribution in [0.2, 0.25) is 0 Å². The Hall–Kier alpha value is -2.84. The Labute approximate surface area is 252 Å². The van der Waals surface area contributed by atoms with E-state index in [1.807, 2.05) is 0 Å². The highest BCUT2D eigenvalue weighted by Gasteiger charge is 2.57. The molecule has 2 bridgehead atoms. The summed E-state index contributed by atoms with van der Waals surface area (Å²) < 4.78 is 79.3. The lowest BCUT2D eigenvalue weighted by molar-refractivity contribution is -0.111. The van der Waals surface area contributed by atoms with E-state index in [2.05, 4.69) is 42.2 Å². The average Bonchev–Trinajstić information content (AvgIpc) is 3.73. The molecular weight excluding hydrogens is 649 g/mol. The van der Waals surface area contributed by atoms with Gasteiger partial charge in [0.15, 0.2) is 41.6 Å². The van der Waals surface area contributed by atoms with Crippen molar-refractivity contribution in [3.05, 3.63) is 25.3 Å². The van der Waals surface area contributed by atoms with E-state index in [1.165, 1.54) is 41.4 Å². The Morgan fingerprint density at radius 2 is 1.68 bits per heavy atom. The second-order valence-corrected chi connectivity index (χ2v) is 14.3. The fourth-order valence-corrected chi connectivity index (χ4v) is 7.89. The lowest BCUT2D eigenvalue weighted by atomic mass is 9.99. The van der Waals surface area contributed by atoms with E-state index in [4.69, 9.17) is 39.0 Å². The van der Waals surface area contributed by atoms with Gasteiger partial charge in [0.2, 0.25) is 0 Å². The summed E-state index contributed by atoms with van der Waals surface area (Å²) in [5.41, 5.74) is 11.0. The number of ether oxygens (including phenoxy) is 2. The number of imidazole rings is 2. The van der Waals surface area contributed by atoms with Gasteiger partial charge in [-0.3, -0.25) is 27.3 Å². The molecule has 4 aromatic heterocycles. The summed E-state index contributed by atoms with van der Waals surface area (Å²) >= 11 is 4.06. The third kappa shape index (κ3) is 4.97. The third-order valence-corrected chi connectivity index (χ3v) is 9.98. The SMILES string of the molecule is C[C@@]12CO[PH](=O)O[C@@H]3[C@@H](F)[C@@H](CO[P@](=O)(S)O[C@H]1[C@@H](O)[C@H](n1cnc4c(N)ncnc41)O2)O[C@H]3n1cnc2c(N)ncnc21. The summed E-state index contributed by atoms with van der Waals surface area (Å²) in [6, 6.07) is 0. The fraction of sp³-hybridized carbons (Fsp3) is 0.524. The number of fused-ring (bicyclic) bond motifs is 5. The lowest BCUT2D eigenvalue weighted by Crippen LogP contribution is -2.45. The summed E-state index contributed by atoms with van der Waals surface area (Å²) in [5, 5.41) is 11.3. The topological polar surface area (TPSA) is 249 Å². The zero-order valence-electron chi connectivity index (χ0n) is 22.5. The number of alkyl halides is 1. The number of aliphatic hydroxyl groups excluding tert-OH is 1. The van der Waals surface area contributed by atoms with Crippen LogP contribution in [0.25, 0.3) is 22.3 Å². The van der Waals surface area contributed by atoms with E-state index in [0.29, 0.717) is 0 Å². The molecule has 236 valence electrons. The molecule has 1 unspecified atom stereocenters. The van der Waals surface area contributed by atoms with Crippen LogP contribution in [0.1, 0.15) is 19.4 Å². The van der Waals surface area contributed by atoms with Gasteiger partial charge in [-0.05, 0) is 6.92 Å². The molecular formula is C21H25FN10O9P2S. The minimum absolute atomic E-state index is 0.0765. The largest absolute Gasteiger partial charge is 0.386 e. The standard InChI is InChI=1S/C21H25FN10O9P2S/c1-21-3-36-42(34)40-13-9(22)8(38-20(13)32-7-30-11-16(24)26-5-28-18(11)32)2-37-43(35,44)41-14(21)12(33)19(39-21)31-6-29-10-15(23)25-4-27-17(10)31/h4-9,12-14,19-20,33,42H,2-3H2,1H3,(H,35,44)(H2,23,25,27)(H2,24,26,28)/t8-,9+,12-,13-,14+,19-,20-,21-,43+/m1/s1. The number of aliphatic hydroxyl groups is 1. The van der Waals surface area contributed by atoms with Gasteiger partial charge >= 0.3 is 15.1 Å². The molecule has 5 N–H and O–H groups in total. The summed E-state index contributed by atoms with van der Waals surface area (Å²) in [6.45, 7) is -4.04. The van der Waals surface area contributed by atoms with Crippen molar-refractivity contribution in [1.29, 1.82) is 0 Å². The summed E-state index contributed by atoms with van der Waals surface area (Å²) in [6.07, 6.45) is -5.31. The van der Waals surface area contributed by atoms with Crippen molar-refractivity contribution < 1.29 is 46.2 Å². The molecule has 10 atom stereocenters. The van der Waals surface area contributed by atoms with Crippen molar-refractivity contribution in [3.63, 3.8) is 0 Å². The second kappa shape index (κ2) is 10.9. The maximum atomic E-state index is 15.8. The number of thiol groups is 1. The first-order valence-electron chi connectivity index (χ1n) is 13.0. The number of hydrogen-bond donors (Lipinski definition) is 4. The molecule has 3 fully saturated rings. The van der Waals surface area contributed by atoms with Crippen LogP contribution >= 0.6 is 27.3 Å². The van der Waals surface area contributed by atoms with Gasteiger partial charge in [-0.15, -0.1) is 0 Å². The molecule has 3 aliphatic rings. The molecule has 23 heteroatoms. The van der Waals surface area contributed by atoms with Crippen molar-refractivity contribution in [2.24, 2.45) is 0 Å². The number of hydrogen-bond acceptors (Lipinski definition) is 17. The van der Waals surface area contributed by atoms with Crippen LogP contribution in [-0.2, 0) is 36.7 Å². The molecule has 0 amide bonds.